The summed E-state index contributed by atoms with van der Waals surface area (Å²) in [6.07, 6.45) is 0. The quantitative estimate of drug-likeness (QED) is 0.411. The molecule has 0 amide bonds. The Balaban J connectivity index is 0.000000555. The molecule has 0 aliphatic carbocycles. The highest BCUT2D eigenvalue weighted by molar-refractivity contribution is 5.36. The maximum absolute atomic E-state index is 5.62. The predicted molar refractivity (Wildman–Crippen MR) is 148 cm³/mol. The molecule has 2 rings (SSSR count). The number of benzene rings is 2. The van der Waals surface area contributed by atoms with Gasteiger partial charge in [0.1, 0.15) is 0 Å². The van der Waals surface area contributed by atoms with E-state index in [4.69, 9.17) is 10.8 Å². The van der Waals surface area contributed by atoms with E-state index in [9.17, 15) is 0 Å². The van der Waals surface area contributed by atoms with Gasteiger partial charge in [-0.05, 0) is 68.9 Å². The van der Waals surface area contributed by atoms with Crippen LogP contribution in [0.4, 0.5) is 0 Å². The lowest BCUT2D eigenvalue weighted by Gasteiger charge is -2.16. The Hall–Kier alpha value is -2.18. The van der Waals surface area contributed by atoms with Crippen molar-refractivity contribution in [1.29, 1.82) is 10.8 Å². The van der Waals surface area contributed by atoms with Crippen LogP contribution in [0.1, 0.15) is 152 Å². The first-order valence-corrected chi connectivity index (χ1v) is 12.6. The second kappa shape index (κ2) is 14.9. The third-order valence-electron chi connectivity index (χ3n) is 6.00. The van der Waals surface area contributed by atoms with Crippen molar-refractivity contribution in [1.82, 2.24) is 0 Å². The molecule has 0 unspecified atom stereocenters. The van der Waals surface area contributed by atoms with Crippen LogP contribution in [0.25, 0.3) is 0 Å². The zero-order valence-corrected chi connectivity index (χ0v) is 23.4. The first kappa shape index (κ1) is 30.8. The van der Waals surface area contributed by atoms with Crippen LogP contribution in [-0.4, -0.2) is 6.01 Å². The van der Waals surface area contributed by atoms with Gasteiger partial charge in [0.2, 0.25) is 0 Å². The van der Waals surface area contributed by atoms with E-state index in [2.05, 4.69) is 119 Å². The predicted octanol–water partition coefficient (Wildman–Crippen LogP) is 10.4. The lowest BCUT2D eigenvalue weighted by Crippen LogP contribution is -1.98. The Bertz CT molecular complexity index is 668. The Morgan fingerprint density at radius 2 is 0.455 bits per heavy atom. The maximum Gasteiger partial charge on any atom is 0.0831 e. The van der Waals surface area contributed by atoms with Gasteiger partial charge >= 0.3 is 0 Å². The third kappa shape index (κ3) is 11.0. The van der Waals surface area contributed by atoms with Crippen LogP contribution in [0.2, 0.25) is 0 Å². The van der Waals surface area contributed by atoms with E-state index in [1.165, 1.54) is 39.4 Å². The summed E-state index contributed by atoms with van der Waals surface area (Å²) in [6, 6.07) is 15.4. The van der Waals surface area contributed by atoms with Gasteiger partial charge in [0.25, 0.3) is 0 Å². The first-order chi connectivity index (χ1) is 15.2. The summed E-state index contributed by atoms with van der Waals surface area (Å²) in [5, 5.41) is 11.2. The van der Waals surface area contributed by atoms with Crippen LogP contribution in [-0.2, 0) is 0 Å². The molecule has 2 aromatic rings. The van der Waals surface area contributed by atoms with Gasteiger partial charge in [-0.15, -0.1) is 0 Å². The van der Waals surface area contributed by atoms with Gasteiger partial charge in [-0.2, -0.15) is 0 Å². The van der Waals surface area contributed by atoms with E-state index >= 15 is 0 Å². The molecule has 2 aromatic carbocycles. The van der Waals surface area contributed by atoms with Gasteiger partial charge in [-0.3, -0.25) is 0 Å². The second-order valence-electron chi connectivity index (χ2n) is 10.9. The van der Waals surface area contributed by atoms with Crippen molar-refractivity contribution in [2.45, 2.75) is 119 Å². The molecular weight excluding hydrogens is 400 g/mol. The second-order valence-corrected chi connectivity index (χ2v) is 10.9. The highest BCUT2D eigenvalue weighted by Crippen LogP contribution is 2.28. The number of hydrogen-bond donors (Lipinski definition) is 2. The fraction of sp³-hybridized carbons (Fsp3) is 0.581. The van der Waals surface area contributed by atoms with Gasteiger partial charge in [0, 0.05) is 0 Å². The largest absolute Gasteiger partial charge is 0.242 e. The zero-order chi connectivity index (χ0) is 25.9. The molecule has 33 heavy (non-hydrogen) atoms. The lowest BCUT2D eigenvalue weighted by molar-refractivity contribution is 0.804. The number of rotatable bonds is 6. The highest BCUT2D eigenvalue weighted by Gasteiger charge is 2.10. The van der Waals surface area contributed by atoms with Crippen molar-refractivity contribution in [2.24, 2.45) is 0 Å². The molecule has 0 atom stereocenters. The third-order valence-corrected chi connectivity index (χ3v) is 6.00. The van der Waals surface area contributed by atoms with Crippen LogP contribution >= 0.6 is 0 Å². The van der Waals surface area contributed by atoms with Crippen LogP contribution in [0.3, 0.4) is 0 Å². The topological polar surface area (TPSA) is 47.7 Å². The zero-order valence-electron chi connectivity index (χ0n) is 23.4. The van der Waals surface area contributed by atoms with Crippen molar-refractivity contribution in [2.75, 3.05) is 0 Å². The molecule has 0 aromatic heterocycles. The molecule has 0 fully saturated rings. The Labute approximate surface area is 205 Å². The Kier molecular flexibility index (Phi) is 13.9. The Morgan fingerprint density at radius 3 is 0.515 bits per heavy atom. The molecule has 2 nitrogen and oxygen atoms in total. The van der Waals surface area contributed by atoms with Crippen molar-refractivity contribution < 1.29 is 0 Å². The average Bonchev–Trinajstić information content (AvgIpc) is 2.73. The van der Waals surface area contributed by atoms with E-state index in [1.54, 1.807) is 0 Å². The van der Waals surface area contributed by atoms with Crippen molar-refractivity contribution >= 4 is 6.01 Å². The molecule has 0 saturated heterocycles. The summed E-state index contributed by atoms with van der Waals surface area (Å²) >= 11 is 0. The summed E-state index contributed by atoms with van der Waals surface area (Å²) in [5.74, 6) is 3.76. The van der Waals surface area contributed by atoms with E-state index in [0.717, 1.165) is 0 Å². The summed E-state index contributed by atoms with van der Waals surface area (Å²) in [7, 11) is 0. The molecular formula is C31H50N2. The minimum Gasteiger partial charge on any atom is -0.242 e. The van der Waals surface area contributed by atoms with E-state index in [1.807, 2.05) is 0 Å². The summed E-state index contributed by atoms with van der Waals surface area (Å²) in [5.41, 5.74) is 8.86. The van der Waals surface area contributed by atoms with Crippen molar-refractivity contribution in [3.8, 4) is 0 Å². The molecule has 0 heterocycles. The summed E-state index contributed by atoms with van der Waals surface area (Å²) in [4.78, 5) is 0. The SMILES string of the molecule is CC(C)c1cc(C(C)C)cc(C(C)C)c1.CC(C)c1cc(C(C)C)cc(C(C)C)c1.N=C=N. The summed E-state index contributed by atoms with van der Waals surface area (Å²) < 4.78 is 0. The Morgan fingerprint density at radius 1 is 0.364 bits per heavy atom. The smallest absolute Gasteiger partial charge is 0.0831 e. The molecule has 0 aliphatic heterocycles. The first-order valence-electron chi connectivity index (χ1n) is 12.6. The van der Waals surface area contributed by atoms with E-state index < -0.39 is 0 Å². The lowest BCUT2D eigenvalue weighted by atomic mass is 9.90. The molecule has 2 N–H and O–H groups in total. The minimum atomic E-state index is 0.626. The fourth-order valence-corrected chi connectivity index (χ4v) is 3.40. The highest BCUT2D eigenvalue weighted by atomic mass is 14.4. The van der Waals surface area contributed by atoms with Crippen LogP contribution in [0, 0.1) is 10.8 Å². The molecule has 0 saturated carbocycles. The van der Waals surface area contributed by atoms with Gasteiger partial charge in [0.15, 0.2) is 0 Å². The molecule has 0 bridgehead atoms. The van der Waals surface area contributed by atoms with E-state index in [0.29, 0.717) is 35.5 Å². The van der Waals surface area contributed by atoms with Crippen LogP contribution in [0.5, 0.6) is 0 Å². The van der Waals surface area contributed by atoms with Gasteiger partial charge in [-0.1, -0.05) is 119 Å². The van der Waals surface area contributed by atoms with E-state index in [-0.39, 0.29) is 0 Å². The van der Waals surface area contributed by atoms with Crippen molar-refractivity contribution in [3.63, 3.8) is 0 Å². The molecule has 0 radical (unpaired) electrons. The fourth-order valence-electron chi connectivity index (χ4n) is 3.40. The van der Waals surface area contributed by atoms with Gasteiger partial charge in [-0.25, -0.2) is 10.8 Å². The van der Waals surface area contributed by atoms with Gasteiger partial charge in [0.05, 0.1) is 6.01 Å². The standard InChI is InChI=1S/2C15H24.CH2N2/c2*1-10(2)13-7-14(11(3)4)9-15(8-13)12(5)6;2-1-3/h2*7-12H,1-6H3;2-3H. The van der Waals surface area contributed by atoms with Gasteiger partial charge < -0.3 is 0 Å². The molecule has 0 spiro atoms. The molecule has 184 valence electrons. The summed E-state index contributed by atoms with van der Waals surface area (Å²) in [6.45, 7) is 27.2. The molecule has 0 aliphatic rings. The minimum absolute atomic E-state index is 0.626. The normalized spacial score (nSPS) is 11.0. The number of nitrogens with one attached hydrogen (secondary N) is 2. The van der Waals surface area contributed by atoms with Crippen LogP contribution < -0.4 is 0 Å². The van der Waals surface area contributed by atoms with Crippen molar-refractivity contribution in [3.05, 3.63) is 69.8 Å². The number of hydrogen-bond acceptors (Lipinski definition) is 2. The van der Waals surface area contributed by atoms with Crippen LogP contribution in [0.15, 0.2) is 36.4 Å². The maximum atomic E-state index is 5.62. The molecule has 2 heteroatoms. The average molecular weight is 451 g/mol. The monoisotopic (exact) mass is 450 g/mol.